The number of nitrogens with zero attached hydrogens (tertiary/aromatic N) is 1. The van der Waals surface area contributed by atoms with Crippen molar-refractivity contribution in [1.29, 1.82) is 0 Å². The molecule has 2 heteroatoms. The molecule has 1 aromatic heterocycles. The van der Waals surface area contributed by atoms with E-state index in [1.165, 1.54) is 65.3 Å². The standard InChI is InChI=1S/C60H39NO/c1-2-13-44(14-3-1)59-57-19-8-9-20-58(57)62-60(59)49-15-10-16-52(39-49)61(50-31-25-40(26-32-50)45-29-35-55-47(37-45)23-21-42-11-4-6-17-53(42)55)51-33-27-41(28-34-51)46-30-36-56-48(38-46)24-22-43-12-5-7-18-54(43)56/h1-39H. The fourth-order valence-corrected chi connectivity index (χ4v) is 9.36. The molecule has 0 bridgehead atoms. The lowest BCUT2D eigenvalue weighted by atomic mass is 9.97. The van der Waals surface area contributed by atoms with E-state index in [9.17, 15) is 0 Å². The van der Waals surface area contributed by atoms with Crippen molar-refractivity contribution in [2.75, 3.05) is 4.90 Å². The lowest BCUT2D eigenvalue weighted by molar-refractivity contribution is 0.632. The Bertz CT molecular complexity index is 3460. The second kappa shape index (κ2) is 14.8. The molecule has 0 amide bonds. The van der Waals surface area contributed by atoms with E-state index in [0.29, 0.717) is 0 Å². The Morgan fingerprint density at radius 3 is 1.32 bits per heavy atom. The van der Waals surface area contributed by atoms with E-state index in [-0.39, 0.29) is 0 Å². The summed E-state index contributed by atoms with van der Waals surface area (Å²) in [5.74, 6) is 0.859. The third-order valence-electron chi connectivity index (χ3n) is 12.4. The topological polar surface area (TPSA) is 16.4 Å². The van der Waals surface area contributed by atoms with Gasteiger partial charge in [0, 0.05) is 33.6 Å². The molecule has 0 saturated carbocycles. The first kappa shape index (κ1) is 35.7. The fourth-order valence-electron chi connectivity index (χ4n) is 9.36. The summed E-state index contributed by atoms with van der Waals surface area (Å²) in [6, 6.07) is 85.3. The third kappa shape index (κ3) is 6.20. The van der Waals surface area contributed by atoms with Gasteiger partial charge in [-0.1, -0.05) is 182 Å². The van der Waals surface area contributed by atoms with Crippen LogP contribution in [0, 0.1) is 0 Å². The van der Waals surface area contributed by atoms with Crippen LogP contribution in [0.25, 0.3) is 98.8 Å². The van der Waals surface area contributed by atoms with Crippen molar-refractivity contribution in [2.45, 2.75) is 0 Å². The van der Waals surface area contributed by atoms with Gasteiger partial charge in [0.2, 0.25) is 0 Å². The monoisotopic (exact) mass is 789 g/mol. The lowest BCUT2D eigenvalue weighted by Crippen LogP contribution is -2.10. The predicted molar refractivity (Wildman–Crippen MR) is 263 cm³/mol. The van der Waals surface area contributed by atoms with E-state index in [1.807, 2.05) is 6.07 Å². The Morgan fingerprint density at radius 1 is 0.258 bits per heavy atom. The highest BCUT2D eigenvalue weighted by molar-refractivity contribution is 6.09. The number of fused-ring (bicyclic) bond motifs is 7. The first-order chi connectivity index (χ1) is 30.7. The van der Waals surface area contributed by atoms with E-state index >= 15 is 0 Å². The molecule has 0 saturated heterocycles. The normalized spacial score (nSPS) is 11.5. The molecule has 0 aliphatic rings. The van der Waals surface area contributed by atoms with Crippen LogP contribution in [-0.4, -0.2) is 0 Å². The zero-order valence-electron chi connectivity index (χ0n) is 33.9. The summed E-state index contributed by atoms with van der Waals surface area (Å²) >= 11 is 0. The van der Waals surface area contributed by atoms with Crippen molar-refractivity contribution in [1.82, 2.24) is 0 Å². The molecule has 0 radical (unpaired) electrons. The smallest absolute Gasteiger partial charge is 0.143 e. The van der Waals surface area contributed by atoms with Gasteiger partial charge in [-0.25, -0.2) is 0 Å². The molecule has 0 spiro atoms. The summed E-state index contributed by atoms with van der Waals surface area (Å²) in [6.07, 6.45) is 0. The number of furan rings is 1. The molecule has 0 fully saturated rings. The summed E-state index contributed by atoms with van der Waals surface area (Å²) in [6.45, 7) is 0. The van der Waals surface area contributed by atoms with Crippen LogP contribution in [-0.2, 0) is 0 Å². The third-order valence-corrected chi connectivity index (χ3v) is 12.4. The summed E-state index contributed by atoms with van der Waals surface area (Å²) in [4.78, 5) is 2.35. The van der Waals surface area contributed by atoms with E-state index < -0.39 is 0 Å². The molecule has 2 nitrogen and oxygen atoms in total. The van der Waals surface area contributed by atoms with Crippen molar-refractivity contribution in [3.63, 3.8) is 0 Å². The van der Waals surface area contributed by atoms with Crippen LogP contribution in [0.3, 0.4) is 0 Å². The van der Waals surface area contributed by atoms with Gasteiger partial charge in [0.05, 0.1) is 0 Å². The zero-order valence-corrected chi connectivity index (χ0v) is 33.9. The number of hydrogen-bond acceptors (Lipinski definition) is 2. The molecule has 290 valence electrons. The summed E-state index contributed by atoms with van der Waals surface area (Å²) in [5.41, 5.74) is 12.0. The van der Waals surface area contributed by atoms with Crippen LogP contribution in [0.1, 0.15) is 0 Å². The minimum atomic E-state index is 0.859. The minimum absolute atomic E-state index is 0.859. The molecule has 12 rings (SSSR count). The molecule has 12 aromatic rings. The van der Waals surface area contributed by atoms with Crippen molar-refractivity contribution in [3.8, 4) is 44.7 Å². The fraction of sp³-hybridized carbons (Fsp3) is 0. The molecular formula is C60H39NO. The Morgan fingerprint density at radius 2 is 0.726 bits per heavy atom. The molecule has 0 N–H and O–H groups in total. The molecule has 0 unspecified atom stereocenters. The quantitative estimate of drug-likeness (QED) is 0.150. The highest BCUT2D eigenvalue weighted by Crippen LogP contribution is 2.44. The van der Waals surface area contributed by atoms with E-state index in [0.717, 1.165) is 50.5 Å². The maximum absolute atomic E-state index is 6.71. The number of rotatable bonds is 7. The number of benzene rings is 11. The summed E-state index contributed by atoms with van der Waals surface area (Å²) in [7, 11) is 0. The molecular weight excluding hydrogens is 751 g/mol. The SMILES string of the molecule is c1ccc(-c2c(-c3cccc(N(c4ccc(-c5ccc6c(ccc7ccccc76)c5)cc4)c4ccc(-c5ccc6c(ccc7ccccc76)c5)cc4)c3)oc3ccccc23)cc1. The Hall–Kier alpha value is -8.20. The van der Waals surface area contributed by atoms with E-state index in [2.05, 4.69) is 235 Å². The Kier molecular flexibility index (Phi) is 8.53. The highest BCUT2D eigenvalue weighted by Gasteiger charge is 2.20. The van der Waals surface area contributed by atoms with Crippen molar-refractivity contribution in [3.05, 3.63) is 237 Å². The van der Waals surface area contributed by atoms with Gasteiger partial charge in [-0.2, -0.15) is 0 Å². The first-order valence-electron chi connectivity index (χ1n) is 21.2. The maximum atomic E-state index is 6.71. The van der Waals surface area contributed by atoms with Crippen LogP contribution in [0.5, 0.6) is 0 Å². The van der Waals surface area contributed by atoms with Gasteiger partial charge in [-0.15, -0.1) is 0 Å². The highest BCUT2D eigenvalue weighted by atomic mass is 16.3. The minimum Gasteiger partial charge on any atom is -0.455 e. The summed E-state index contributed by atoms with van der Waals surface area (Å²) in [5, 5.41) is 11.2. The van der Waals surface area contributed by atoms with E-state index in [1.54, 1.807) is 0 Å². The number of para-hydroxylation sites is 1. The maximum Gasteiger partial charge on any atom is 0.143 e. The van der Waals surface area contributed by atoms with Gasteiger partial charge in [0.15, 0.2) is 0 Å². The van der Waals surface area contributed by atoms with Crippen molar-refractivity contribution in [2.24, 2.45) is 0 Å². The van der Waals surface area contributed by atoms with Gasteiger partial charge in [-0.05, 0) is 126 Å². The van der Waals surface area contributed by atoms with Crippen molar-refractivity contribution < 1.29 is 4.42 Å². The van der Waals surface area contributed by atoms with Crippen LogP contribution >= 0.6 is 0 Å². The molecule has 62 heavy (non-hydrogen) atoms. The van der Waals surface area contributed by atoms with Crippen LogP contribution in [0.2, 0.25) is 0 Å². The second-order valence-electron chi connectivity index (χ2n) is 16.1. The average molecular weight is 790 g/mol. The molecule has 11 aromatic carbocycles. The van der Waals surface area contributed by atoms with Gasteiger partial charge < -0.3 is 9.32 Å². The number of hydrogen-bond donors (Lipinski definition) is 0. The van der Waals surface area contributed by atoms with Gasteiger partial charge in [0.25, 0.3) is 0 Å². The zero-order chi connectivity index (χ0) is 41.0. The van der Waals surface area contributed by atoms with Gasteiger partial charge in [0.1, 0.15) is 11.3 Å². The summed E-state index contributed by atoms with van der Waals surface area (Å²) < 4.78 is 6.71. The van der Waals surface area contributed by atoms with Crippen LogP contribution in [0.15, 0.2) is 241 Å². The Balaban J connectivity index is 0.957. The molecule has 0 atom stereocenters. The first-order valence-corrected chi connectivity index (χ1v) is 21.2. The average Bonchev–Trinajstić information content (AvgIpc) is 3.74. The van der Waals surface area contributed by atoms with Crippen LogP contribution < -0.4 is 4.90 Å². The molecule has 1 heterocycles. The second-order valence-corrected chi connectivity index (χ2v) is 16.1. The van der Waals surface area contributed by atoms with Crippen LogP contribution in [0.4, 0.5) is 17.1 Å². The van der Waals surface area contributed by atoms with Gasteiger partial charge in [-0.3, -0.25) is 0 Å². The van der Waals surface area contributed by atoms with Gasteiger partial charge >= 0.3 is 0 Å². The lowest BCUT2D eigenvalue weighted by Gasteiger charge is -2.26. The number of anilines is 3. The molecule has 0 aliphatic heterocycles. The molecule has 0 aliphatic carbocycles. The van der Waals surface area contributed by atoms with E-state index in [4.69, 9.17) is 4.42 Å². The van der Waals surface area contributed by atoms with Crippen molar-refractivity contribution >= 4 is 71.1 Å². The largest absolute Gasteiger partial charge is 0.455 e. The predicted octanol–water partition coefficient (Wildman–Crippen LogP) is 17.2. The Labute approximate surface area is 360 Å².